The predicted octanol–water partition coefficient (Wildman–Crippen LogP) is 2.18. The molecular formula is C15H26N4OS. The molecule has 1 heterocycles. The van der Waals surface area contributed by atoms with Crippen molar-refractivity contribution in [3.05, 3.63) is 18.0 Å². The highest BCUT2D eigenvalue weighted by molar-refractivity contribution is 7.80. The summed E-state index contributed by atoms with van der Waals surface area (Å²) in [6, 6.07) is 0. The number of aryl methyl sites for hydroxylation is 1. The number of amides is 1. The van der Waals surface area contributed by atoms with Crippen molar-refractivity contribution in [3.63, 3.8) is 0 Å². The van der Waals surface area contributed by atoms with Gasteiger partial charge in [-0.25, -0.2) is 0 Å². The molecule has 0 fully saturated rings. The lowest BCUT2D eigenvalue weighted by Crippen LogP contribution is -2.49. The van der Waals surface area contributed by atoms with Gasteiger partial charge in [0, 0.05) is 12.7 Å². The molecule has 6 heteroatoms. The fraction of sp³-hybridized carbons (Fsp3) is 0.667. The van der Waals surface area contributed by atoms with Crippen LogP contribution >= 0.6 is 12.2 Å². The van der Waals surface area contributed by atoms with Gasteiger partial charge in [0.25, 0.3) is 0 Å². The van der Waals surface area contributed by atoms with Gasteiger partial charge in [0.05, 0.1) is 23.1 Å². The molecule has 1 aromatic heterocycles. The number of aromatic nitrogens is 2. The molecule has 0 radical (unpaired) electrons. The zero-order chi connectivity index (χ0) is 15.9. The number of carbonyl (C=O) groups excluding carboxylic acids is 1. The van der Waals surface area contributed by atoms with E-state index in [0.29, 0.717) is 30.9 Å². The Morgan fingerprint density at radius 1 is 1.43 bits per heavy atom. The van der Waals surface area contributed by atoms with Gasteiger partial charge in [0.2, 0.25) is 5.91 Å². The van der Waals surface area contributed by atoms with Crippen molar-refractivity contribution in [2.45, 2.75) is 53.0 Å². The Morgan fingerprint density at radius 2 is 2.05 bits per heavy atom. The third-order valence-electron chi connectivity index (χ3n) is 3.65. The Bertz CT molecular complexity index is 478. The largest absolute Gasteiger partial charge is 0.392 e. The molecule has 118 valence electrons. The number of nitrogens with zero attached hydrogens (tertiary/aromatic N) is 2. The van der Waals surface area contributed by atoms with E-state index in [1.165, 1.54) is 0 Å². The van der Waals surface area contributed by atoms with Gasteiger partial charge in [-0.15, -0.1) is 0 Å². The minimum atomic E-state index is -0.709. The summed E-state index contributed by atoms with van der Waals surface area (Å²) in [7, 11) is 0. The predicted molar refractivity (Wildman–Crippen MR) is 89.0 cm³/mol. The Kier molecular flexibility index (Phi) is 6.81. The Morgan fingerprint density at radius 3 is 2.48 bits per heavy atom. The topological polar surface area (TPSA) is 72.9 Å². The SMILES string of the molecule is CCCC(CCC)(C(=O)NCCn1cc(C)cn1)C(N)=S. The fourth-order valence-corrected chi connectivity index (χ4v) is 2.90. The first-order chi connectivity index (χ1) is 9.96. The second-order valence-electron chi connectivity index (χ2n) is 5.48. The third kappa shape index (κ3) is 4.52. The molecule has 3 N–H and O–H groups in total. The van der Waals surface area contributed by atoms with Crippen molar-refractivity contribution in [2.24, 2.45) is 11.1 Å². The van der Waals surface area contributed by atoms with Crippen molar-refractivity contribution >= 4 is 23.1 Å². The van der Waals surface area contributed by atoms with Crippen molar-refractivity contribution in [3.8, 4) is 0 Å². The molecule has 0 aliphatic carbocycles. The number of hydrogen-bond acceptors (Lipinski definition) is 3. The fourth-order valence-electron chi connectivity index (χ4n) is 2.61. The normalized spacial score (nSPS) is 11.4. The lowest BCUT2D eigenvalue weighted by molar-refractivity contribution is -0.128. The van der Waals surface area contributed by atoms with Crippen LogP contribution in [0.3, 0.4) is 0 Å². The molecule has 0 saturated heterocycles. The van der Waals surface area contributed by atoms with Crippen LogP contribution in [0, 0.1) is 12.3 Å². The van der Waals surface area contributed by atoms with Crippen molar-refractivity contribution < 1.29 is 4.79 Å². The number of thiocarbonyl (C=S) groups is 1. The maximum atomic E-state index is 12.6. The third-order valence-corrected chi connectivity index (χ3v) is 4.04. The molecule has 0 aliphatic heterocycles. The molecule has 0 bridgehead atoms. The van der Waals surface area contributed by atoms with Gasteiger partial charge < -0.3 is 11.1 Å². The zero-order valence-electron chi connectivity index (χ0n) is 13.2. The Balaban J connectivity index is 2.65. The van der Waals surface area contributed by atoms with E-state index >= 15 is 0 Å². The number of rotatable bonds is 9. The van der Waals surface area contributed by atoms with Crippen LogP contribution in [0.5, 0.6) is 0 Å². The summed E-state index contributed by atoms with van der Waals surface area (Å²) in [6.07, 6.45) is 6.90. The minimum Gasteiger partial charge on any atom is -0.392 e. The summed E-state index contributed by atoms with van der Waals surface area (Å²) in [5.41, 5.74) is 6.28. The minimum absolute atomic E-state index is 0.0532. The lowest BCUT2D eigenvalue weighted by atomic mass is 9.78. The van der Waals surface area contributed by atoms with Crippen molar-refractivity contribution in [1.82, 2.24) is 15.1 Å². The quantitative estimate of drug-likeness (QED) is 0.686. The van der Waals surface area contributed by atoms with E-state index in [4.69, 9.17) is 18.0 Å². The maximum absolute atomic E-state index is 12.6. The molecule has 1 aromatic rings. The van der Waals surface area contributed by atoms with E-state index in [-0.39, 0.29) is 5.91 Å². The Hall–Kier alpha value is -1.43. The van der Waals surface area contributed by atoms with E-state index in [0.717, 1.165) is 18.4 Å². The Labute approximate surface area is 132 Å². The van der Waals surface area contributed by atoms with E-state index in [9.17, 15) is 4.79 Å². The van der Waals surface area contributed by atoms with Gasteiger partial charge in [-0.2, -0.15) is 5.10 Å². The van der Waals surface area contributed by atoms with Crippen LogP contribution < -0.4 is 11.1 Å². The van der Waals surface area contributed by atoms with Crippen LogP contribution in [0.2, 0.25) is 0 Å². The molecule has 0 unspecified atom stereocenters. The van der Waals surface area contributed by atoms with E-state index in [1.807, 2.05) is 31.6 Å². The van der Waals surface area contributed by atoms with Crippen molar-refractivity contribution in [2.75, 3.05) is 6.54 Å². The van der Waals surface area contributed by atoms with E-state index in [1.54, 1.807) is 6.20 Å². The molecule has 0 aromatic carbocycles. The summed E-state index contributed by atoms with van der Waals surface area (Å²) >= 11 is 5.18. The number of hydrogen-bond donors (Lipinski definition) is 2. The maximum Gasteiger partial charge on any atom is 0.233 e. The number of carbonyl (C=O) groups is 1. The monoisotopic (exact) mass is 310 g/mol. The van der Waals surface area contributed by atoms with Gasteiger partial charge >= 0.3 is 0 Å². The zero-order valence-corrected chi connectivity index (χ0v) is 14.0. The lowest BCUT2D eigenvalue weighted by Gasteiger charge is -2.31. The molecular weight excluding hydrogens is 284 g/mol. The van der Waals surface area contributed by atoms with Crippen LogP contribution in [-0.4, -0.2) is 27.2 Å². The number of nitrogens with two attached hydrogens (primary N) is 1. The first kappa shape index (κ1) is 17.6. The molecule has 0 spiro atoms. The number of nitrogens with one attached hydrogen (secondary N) is 1. The van der Waals surface area contributed by atoms with Crippen LogP contribution in [-0.2, 0) is 11.3 Å². The molecule has 1 rings (SSSR count). The van der Waals surface area contributed by atoms with Gasteiger partial charge in [0.15, 0.2) is 0 Å². The second kappa shape index (κ2) is 8.12. The molecule has 5 nitrogen and oxygen atoms in total. The highest BCUT2D eigenvalue weighted by Crippen LogP contribution is 2.30. The smallest absolute Gasteiger partial charge is 0.233 e. The molecule has 21 heavy (non-hydrogen) atoms. The average molecular weight is 310 g/mol. The van der Waals surface area contributed by atoms with Crippen LogP contribution in [0.15, 0.2) is 12.4 Å². The summed E-state index contributed by atoms with van der Waals surface area (Å²) in [6.45, 7) is 7.25. The second-order valence-corrected chi connectivity index (χ2v) is 5.92. The summed E-state index contributed by atoms with van der Waals surface area (Å²) in [5, 5.41) is 7.16. The van der Waals surface area contributed by atoms with Crippen LogP contribution in [0.1, 0.15) is 45.1 Å². The molecule has 0 aliphatic rings. The first-order valence-corrected chi connectivity index (χ1v) is 7.94. The summed E-state index contributed by atoms with van der Waals surface area (Å²) < 4.78 is 1.82. The first-order valence-electron chi connectivity index (χ1n) is 7.53. The van der Waals surface area contributed by atoms with Crippen molar-refractivity contribution in [1.29, 1.82) is 0 Å². The van der Waals surface area contributed by atoms with Gasteiger partial charge in [-0.3, -0.25) is 9.48 Å². The van der Waals surface area contributed by atoms with E-state index in [2.05, 4.69) is 10.4 Å². The summed E-state index contributed by atoms with van der Waals surface area (Å²) in [5.74, 6) is -0.0532. The summed E-state index contributed by atoms with van der Waals surface area (Å²) in [4.78, 5) is 12.9. The van der Waals surface area contributed by atoms with Crippen LogP contribution in [0.25, 0.3) is 0 Å². The van der Waals surface area contributed by atoms with Gasteiger partial charge in [0.1, 0.15) is 0 Å². The molecule has 1 amide bonds. The van der Waals surface area contributed by atoms with Gasteiger partial charge in [-0.05, 0) is 25.3 Å². The highest BCUT2D eigenvalue weighted by atomic mass is 32.1. The van der Waals surface area contributed by atoms with E-state index < -0.39 is 5.41 Å². The molecule has 0 saturated carbocycles. The highest BCUT2D eigenvalue weighted by Gasteiger charge is 2.39. The molecule has 0 atom stereocenters. The standard InChI is InChI=1S/C15H26N4OS/c1-4-6-15(7-5-2,13(16)21)14(20)17-8-9-19-11-12(3)10-18-19/h10-11H,4-9H2,1-3H3,(H2,16,21)(H,17,20). The van der Waals surface area contributed by atoms with Crippen LogP contribution in [0.4, 0.5) is 0 Å². The average Bonchev–Trinajstić information content (AvgIpc) is 2.83. The van der Waals surface area contributed by atoms with Gasteiger partial charge in [-0.1, -0.05) is 38.9 Å².